The van der Waals surface area contributed by atoms with E-state index < -0.39 is 5.97 Å². The van der Waals surface area contributed by atoms with Crippen LogP contribution >= 0.6 is 11.3 Å². The Kier molecular flexibility index (Phi) is 4.71. The fraction of sp³-hybridized carbons (Fsp3) is 0.0909. The minimum atomic E-state index is -0.410. The summed E-state index contributed by atoms with van der Waals surface area (Å²) in [7, 11) is 0. The molecule has 2 aromatic heterocycles. The molecule has 0 bridgehead atoms. The third kappa shape index (κ3) is 3.08. The number of phenolic OH excluding ortho intramolecular Hbond substituents is 1. The molecule has 0 saturated carbocycles. The van der Waals surface area contributed by atoms with Crippen LogP contribution in [-0.4, -0.2) is 22.2 Å². The molecule has 0 aliphatic rings. The number of phenols is 1. The number of ether oxygens (including phenoxy) is 1. The maximum atomic E-state index is 12.7. The molecule has 5 nitrogen and oxygen atoms in total. The summed E-state index contributed by atoms with van der Waals surface area (Å²) < 4.78 is 6.81. The van der Waals surface area contributed by atoms with E-state index in [0.717, 1.165) is 16.5 Å². The van der Waals surface area contributed by atoms with Crippen molar-refractivity contribution in [2.24, 2.45) is 0 Å². The highest BCUT2D eigenvalue weighted by molar-refractivity contribution is 7.21. The van der Waals surface area contributed by atoms with E-state index >= 15 is 0 Å². The van der Waals surface area contributed by atoms with Gasteiger partial charge in [-0.05, 0) is 42.8 Å². The Morgan fingerprint density at radius 2 is 1.75 bits per heavy atom. The summed E-state index contributed by atoms with van der Waals surface area (Å²) in [6, 6.07) is 19.2. The van der Waals surface area contributed by atoms with Crippen molar-refractivity contribution < 1.29 is 14.6 Å². The van der Waals surface area contributed by atoms with Crippen molar-refractivity contribution in [3.63, 3.8) is 0 Å². The largest absolute Gasteiger partial charge is 0.508 e. The minimum Gasteiger partial charge on any atom is -0.508 e. The molecule has 2 aromatic carbocycles. The van der Waals surface area contributed by atoms with Crippen molar-refractivity contribution in [2.75, 3.05) is 6.61 Å². The molecule has 4 rings (SSSR count). The summed E-state index contributed by atoms with van der Waals surface area (Å²) in [4.78, 5) is 26.4. The molecule has 0 saturated heterocycles. The highest BCUT2D eigenvalue weighted by atomic mass is 32.1. The van der Waals surface area contributed by atoms with E-state index in [1.165, 1.54) is 29.5 Å². The van der Waals surface area contributed by atoms with Crippen molar-refractivity contribution in [2.45, 2.75) is 6.92 Å². The van der Waals surface area contributed by atoms with Gasteiger partial charge in [-0.2, -0.15) is 0 Å². The highest BCUT2D eigenvalue weighted by Gasteiger charge is 2.23. The number of aromatic nitrogens is 1. The third-order valence-electron chi connectivity index (χ3n) is 4.37. The lowest BCUT2D eigenvalue weighted by Crippen LogP contribution is -2.16. The average Bonchev–Trinajstić information content (AvgIpc) is 3.09. The predicted octanol–water partition coefficient (Wildman–Crippen LogP) is 4.60. The third-order valence-corrected chi connectivity index (χ3v) is 5.54. The smallest absolute Gasteiger partial charge is 0.349 e. The topological polar surface area (TPSA) is 68.5 Å². The van der Waals surface area contributed by atoms with E-state index in [-0.39, 0.29) is 17.9 Å². The molecule has 0 amide bonds. The van der Waals surface area contributed by atoms with Crippen molar-refractivity contribution in [3.8, 4) is 22.6 Å². The van der Waals surface area contributed by atoms with Crippen molar-refractivity contribution in [3.05, 3.63) is 82.0 Å². The summed E-state index contributed by atoms with van der Waals surface area (Å²) in [6.07, 6.45) is 0. The molecule has 4 aromatic rings. The van der Waals surface area contributed by atoms with Crippen LogP contribution in [0.4, 0.5) is 0 Å². The molecule has 0 aliphatic carbocycles. The van der Waals surface area contributed by atoms with Gasteiger partial charge in [0.1, 0.15) is 15.5 Å². The molecule has 6 heteroatoms. The Bertz CT molecular complexity index is 1210. The van der Waals surface area contributed by atoms with Gasteiger partial charge in [0.2, 0.25) is 0 Å². The quantitative estimate of drug-likeness (QED) is 0.516. The van der Waals surface area contributed by atoms with Crippen LogP contribution in [0, 0.1) is 0 Å². The number of aromatic hydroxyl groups is 1. The van der Waals surface area contributed by atoms with Gasteiger partial charge in [0.15, 0.2) is 0 Å². The first kappa shape index (κ1) is 18.0. The van der Waals surface area contributed by atoms with Gasteiger partial charge in [0, 0.05) is 17.0 Å². The zero-order chi connectivity index (χ0) is 19.7. The zero-order valence-electron chi connectivity index (χ0n) is 15.1. The molecular formula is C22H17NO4S. The molecule has 0 unspecified atom stereocenters. The Balaban J connectivity index is 2.06. The summed E-state index contributed by atoms with van der Waals surface area (Å²) in [5, 5.41) is 10.4. The van der Waals surface area contributed by atoms with Crippen LogP contribution in [-0.2, 0) is 4.74 Å². The van der Waals surface area contributed by atoms with Crippen LogP contribution in [0.15, 0.2) is 71.5 Å². The first-order chi connectivity index (χ1) is 13.6. The van der Waals surface area contributed by atoms with Crippen LogP contribution in [0.5, 0.6) is 5.75 Å². The predicted molar refractivity (Wildman–Crippen MR) is 110 cm³/mol. The second-order valence-electron chi connectivity index (χ2n) is 6.13. The van der Waals surface area contributed by atoms with Crippen LogP contribution in [0.1, 0.15) is 16.6 Å². The molecule has 140 valence electrons. The number of hydrogen-bond acceptors (Lipinski definition) is 5. The lowest BCUT2D eigenvalue weighted by Gasteiger charge is -2.08. The molecular weight excluding hydrogens is 374 g/mol. The van der Waals surface area contributed by atoms with Crippen LogP contribution in [0.3, 0.4) is 0 Å². The number of rotatable bonds is 4. The lowest BCUT2D eigenvalue weighted by molar-refractivity contribution is 0.0533. The Morgan fingerprint density at radius 1 is 1.04 bits per heavy atom. The van der Waals surface area contributed by atoms with Gasteiger partial charge >= 0.3 is 5.97 Å². The summed E-state index contributed by atoms with van der Waals surface area (Å²) >= 11 is 1.23. The molecule has 0 radical (unpaired) electrons. The maximum absolute atomic E-state index is 12.7. The number of carbonyl (C=O) groups excluding carboxylic acids is 1. The molecule has 28 heavy (non-hydrogen) atoms. The molecule has 0 atom stereocenters. The van der Waals surface area contributed by atoms with Gasteiger partial charge in [-0.1, -0.05) is 30.3 Å². The summed E-state index contributed by atoms with van der Waals surface area (Å²) in [5.74, 6) is -0.292. The number of carbonyl (C=O) groups is 1. The van der Waals surface area contributed by atoms with E-state index in [1.54, 1.807) is 29.7 Å². The standard InChI is InChI=1S/C22H17NO4S/c1-2-27-22(26)20-19(14-6-4-3-5-7-14)17-12-13-18(25)23(21(17)28-20)15-8-10-16(24)11-9-15/h3-13,24H,2H2,1H3. The number of benzene rings is 2. The van der Waals surface area contributed by atoms with Crippen LogP contribution < -0.4 is 5.56 Å². The van der Waals surface area contributed by atoms with Gasteiger partial charge in [0.25, 0.3) is 5.56 Å². The second-order valence-corrected chi connectivity index (χ2v) is 7.13. The normalized spacial score (nSPS) is 10.9. The minimum absolute atomic E-state index is 0.118. The van der Waals surface area contributed by atoms with Gasteiger partial charge in [-0.3, -0.25) is 9.36 Å². The van der Waals surface area contributed by atoms with Gasteiger partial charge < -0.3 is 9.84 Å². The molecule has 0 fully saturated rings. The fourth-order valence-corrected chi connectivity index (χ4v) is 4.39. The van der Waals surface area contributed by atoms with Gasteiger partial charge in [-0.25, -0.2) is 4.79 Å². The van der Waals surface area contributed by atoms with Crippen molar-refractivity contribution in [1.82, 2.24) is 4.57 Å². The molecule has 2 heterocycles. The lowest BCUT2D eigenvalue weighted by atomic mass is 10.0. The van der Waals surface area contributed by atoms with E-state index in [1.807, 2.05) is 30.3 Å². The molecule has 0 aliphatic heterocycles. The van der Waals surface area contributed by atoms with Crippen LogP contribution in [0.2, 0.25) is 0 Å². The number of hydrogen-bond donors (Lipinski definition) is 1. The van der Waals surface area contributed by atoms with Gasteiger partial charge in [-0.15, -0.1) is 11.3 Å². The Hall–Kier alpha value is -3.38. The van der Waals surface area contributed by atoms with Crippen LogP contribution in [0.25, 0.3) is 27.0 Å². The Morgan fingerprint density at radius 3 is 2.43 bits per heavy atom. The van der Waals surface area contributed by atoms with E-state index in [2.05, 4.69) is 0 Å². The molecule has 1 N–H and O–H groups in total. The number of fused-ring (bicyclic) bond motifs is 1. The van der Waals surface area contributed by atoms with E-state index in [4.69, 9.17) is 4.74 Å². The monoisotopic (exact) mass is 391 g/mol. The fourth-order valence-electron chi connectivity index (χ4n) is 3.16. The van der Waals surface area contributed by atoms with Crippen molar-refractivity contribution in [1.29, 1.82) is 0 Å². The average molecular weight is 391 g/mol. The first-order valence-electron chi connectivity index (χ1n) is 8.80. The van der Waals surface area contributed by atoms with Gasteiger partial charge in [0.05, 0.1) is 12.3 Å². The highest BCUT2D eigenvalue weighted by Crippen LogP contribution is 2.39. The SMILES string of the molecule is CCOC(=O)c1sc2c(ccc(=O)n2-c2ccc(O)cc2)c1-c1ccccc1. The van der Waals surface area contributed by atoms with Crippen molar-refractivity contribution >= 4 is 27.5 Å². The maximum Gasteiger partial charge on any atom is 0.349 e. The number of nitrogens with zero attached hydrogens (tertiary/aromatic N) is 1. The zero-order valence-corrected chi connectivity index (χ0v) is 15.9. The first-order valence-corrected chi connectivity index (χ1v) is 9.62. The summed E-state index contributed by atoms with van der Waals surface area (Å²) in [5.41, 5.74) is 2.04. The molecule has 0 spiro atoms. The Labute approximate surface area is 165 Å². The number of thiophene rings is 1. The van der Waals surface area contributed by atoms with E-state index in [0.29, 0.717) is 15.4 Å². The number of pyridine rings is 1. The van der Waals surface area contributed by atoms with E-state index in [9.17, 15) is 14.7 Å². The summed E-state index contributed by atoms with van der Waals surface area (Å²) in [6.45, 7) is 2.03. The second kappa shape index (κ2) is 7.32. The number of esters is 1.